The van der Waals surface area contributed by atoms with Crippen LogP contribution in [0.2, 0.25) is 0 Å². The molecule has 1 rings (SSSR count). The Bertz CT molecular complexity index is 360. The summed E-state index contributed by atoms with van der Waals surface area (Å²) < 4.78 is 42.1. The van der Waals surface area contributed by atoms with E-state index in [0.29, 0.717) is 6.42 Å². The first-order valence-corrected chi connectivity index (χ1v) is 4.60. The average Bonchev–Trinajstić information content (AvgIpc) is 2.65. The van der Waals surface area contributed by atoms with Crippen molar-refractivity contribution in [1.29, 1.82) is 0 Å². The van der Waals surface area contributed by atoms with Gasteiger partial charge in [0, 0.05) is 19.2 Å². The van der Waals surface area contributed by atoms with Gasteiger partial charge in [-0.05, 0) is 6.42 Å². The lowest BCUT2D eigenvalue weighted by Crippen LogP contribution is -2.05. The van der Waals surface area contributed by atoms with Gasteiger partial charge in [-0.2, -0.15) is 18.3 Å². The highest BCUT2D eigenvalue weighted by Crippen LogP contribution is 2.28. The smallest absolute Gasteiger partial charge is 0.419 e. The zero-order valence-electron chi connectivity index (χ0n) is 8.62. The third-order valence-electron chi connectivity index (χ3n) is 1.96. The van der Waals surface area contributed by atoms with Crippen molar-refractivity contribution in [3.8, 4) is 0 Å². The summed E-state index contributed by atoms with van der Waals surface area (Å²) in [7, 11) is 1.26. The Morgan fingerprint density at radius 2 is 2.25 bits per heavy atom. The van der Waals surface area contributed by atoms with Crippen LogP contribution >= 0.6 is 0 Å². The number of carbonyl (C=O) groups is 1. The summed E-state index contributed by atoms with van der Waals surface area (Å²) in [5, 5.41) is 3.55. The molecule has 0 unspecified atom stereocenters. The quantitative estimate of drug-likeness (QED) is 0.749. The second-order valence-electron chi connectivity index (χ2n) is 3.17. The molecule has 1 aromatic rings. The van der Waals surface area contributed by atoms with Crippen LogP contribution in [0.15, 0.2) is 12.4 Å². The molecule has 0 aromatic carbocycles. The molecule has 4 nitrogen and oxygen atoms in total. The first-order valence-electron chi connectivity index (χ1n) is 4.60. The molecule has 0 saturated carbocycles. The first kappa shape index (κ1) is 12.5. The Labute approximate surface area is 90.0 Å². The van der Waals surface area contributed by atoms with Crippen LogP contribution in [-0.4, -0.2) is 22.9 Å². The molecule has 1 heterocycles. The number of rotatable bonds is 4. The Morgan fingerprint density at radius 1 is 1.56 bits per heavy atom. The van der Waals surface area contributed by atoms with Crippen LogP contribution in [0, 0.1) is 0 Å². The fraction of sp³-hybridized carbons (Fsp3) is 0.556. The van der Waals surface area contributed by atoms with Crippen LogP contribution in [0.4, 0.5) is 13.2 Å². The maximum atomic E-state index is 12.2. The zero-order chi connectivity index (χ0) is 12.2. The highest BCUT2D eigenvalue weighted by Gasteiger charge is 2.32. The predicted molar refractivity (Wildman–Crippen MR) is 48.5 cm³/mol. The maximum Gasteiger partial charge on any atom is 0.419 e. The van der Waals surface area contributed by atoms with E-state index >= 15 is 0 Å². The van der Waals surface area contributed by atoms with Crippen LogP contribution in [0.5, 0.6) is 0 Å². The highest BCUT2D eigenvalue weighted by molar-refractivity contribution is 5.68. The van der Waals surface area contributed by atoms with Gasteiger partial charge in [0.25, 0.3) is 0 Å². The number of nitrogens with zero attached hydrogens (tertiary/aromatic N) is 2. The zero-order valence-corrected chi connectivity index (χ0v) is 8.62. The SMILES string of the molecule is COC(=O)CCCn1cc(C(F)(F)F)cn1. The molecule has 0 aliphatic rings. The van der Waals surface area contributed by atoms with Gasteiger partial charge in [-0.15, -0.1) is 0 Å². The van der Waals surface area contributed by atoms with Crippen LogP contribution in [0.25, 0.3) is 0 Å². The van der Waals surface area contributed by atoms with Gasteiger partial charge in [-0.25, -0.2) is 0 Å². The normalized spacial score (nSPS) is 11.5. The standard InChI is InChI=1S/C9H11F3N2O2/c1-16-8(15)3-2-4-14-6-7(5-13-14)9(10,11)12/h5-6H,2-4H2,1H3. The topological polar surface area (TPSA) is 44.1 Å². The van der Waals surface area contributed by atoms with Gasteiger partial charge in [-0.1, -0.05) is 0 Å². The number of carbonyl (C=O) groups excluding carboxylic acids is 1. The second-order valence-corrected chi connectivity index (χ2v) is 3.17. The van der Waals surface area contributed by atoms with E-state index in [0.717, 1.165) is 17.1 Å². The Kier molecular flexibility index (Phi) is 3.92. The summed E-state index contributed by atoms with van der Waals surface area (Å²) in [6.45, 7) is 0.255. The number of hydrogen-bond acceptors (Lipinski definition) is 3. The van der Waals surface area contributed by atoms with Crippen molar-refractivity contribution in [3.05, 3.63) is 18.0 Å². The predicted octanol–water partition coefficient (Wildman–Crippen LogP) is 1.86. The molecule has 0 atom stereocenters. The molecule has 0 aliphatic heterocycles. The van der Waals surface area contributed by atoms with Gasteiger partial charge in [-0.3, -0.25) is 9.48 Å². The van der Waals surface area contributed by atoms with E-state index in [9.17, 15) is 18.0 Å². The van der Waals surface area contributed by atoms with E-state index in [1.807, 2.05) is 0 Å². The number of alkyl halides is 3. The van der Waals surface area contributed by atoms with Gasteiger partial charge >= 0.3 is 12.1 Å². The summed E-state index contributed by atoms with van der Waals surface area (Å²) in [6, 6.07) is 0. The van der Waals surface area contributed by atoms with E-state index in [1.54, 1.807) is 0 Å². The number of aromatic nitrogens is 2. The fourth-order valence-corrected chi connectivity index (χ4v) is 1.12. The number of aryl methyl sites for hydroxylation is 1. The molecule has 0 N–H and O–H groups in total. The van der Waals surface area contributed by atoms with Crippen LogP contribution in [0.3, 0.4) is 0 Å². The maximum absolute atomic E-state index is 12.2. The van der Waals surface area contributed by atoms with Gasteiger partial charge in [0.1, 0.15) is 0 Å². The Balaban J connectivity index is 2.44. The number of hydrogen-bond donors (Lipinski definition) is 0. The van der Waals surface area contributed by atoms with Crippen molar-refractivity contribution in [2.24, 2.45) is 0 Å². The minimum Gasteiger partial charge on any atom is -0.469 e. The highest BCUT2D eigenvalue weighted by atomic mass is 19.4. The number of halogens is 3. The van der Waals surface area contributed by atoms with E-state index in [-0.39, 0.29) is 18.9 Å². The summed E-state index contributed by atoms with van der Waals surface area (Å²) >= 11 is 0. The Hall–Kier alpha value is -1.53. The first-order chi connectivity index (χ1) is 7.43. The van der Waals surface area contributed by atoms with Crippen molar-refractivity contribution in [2.45, 2.75) is 25.6 Å². The molecular formula is C9H11F3N2O2. The minimum atomic E-state index is -4.37. The number of ether oxygens (including phenoxy) is 1. The van der Waals surface area contributed by atoms with Crippen molar-refractivity contribution in [1.82, 2.24) is 9.78 Å². The molecule has 90 valence electrons. The van der Waals surface area contributed by atoms with Crippen LogP contribution in [-0.2, 0) is 22.3 Å². The molecule has 0 aliphatic carbocycles. The van der Waals surface area contributed by atoms with Crippen molar-refractivity contribution in [2.75, 3.05) is 7.11 Å². The summed E-state index contributed by atoms with van der Waals surface area (Å²) in [6.07, 6.45) is -2.14. The molecule has 0 fully saturated rings. The van der Waals surface area contributed by atoms with E-state index in [1.165, 1.54) is 7.11 Å². The van der Waals surface area contributed by atoms with E-state index in [2.05, 4.69) is 9.84 Å². The molecule has 0 bridgehead atoms. The molecular weight excluding hydrogens is 225 g/mol. The molecule has 7 heteroatoms. The number of esters is 1. The summed E-state index contributed by atoms with van der Waals surface area (Å²) in [5.41, 5.74) is -0.787. The summed E-state index contributed by atoms with van der Waals surface area (Å²) in [4.78, 5) is 10.7. The molecule has 0 radical (unpaired) electrons. The second kappa shape index (κ2) is 5.00. The summed E-state index contributed by atoms with van der Waals surface area (Å²) in [5.74, 6) is -0.386. The monoisotopic (exact) mass is 236 g/mol. The van der Waals surface area contributed by atoms with Crippen molar-refractivity contribution < 1.29 is 22.7 Å². The third-order valence-corrected chi connectivity index (χ3v) is 1.96. The van der Waals surface area contributed by atoms with Gasteiger partial charge < -0.3 is 4.74 Å². The van der Waals surface area contributed by atoms with E-state index in [4.69, 9.17) is 0 Å². The van der Waals surface area contributed by atoms with Gasteiger partial charge in [0.05, 0.1) is 18.9 Å². The largest absolute Gasteiger partial charge is 0.469 e. The van der Waals surface area contributed by atoms with Crippen molar-refractivity contribution in [3.63, 3.8) is 0 Å². The lowest BCUT2D eigenvalue weighted by atomic mass is 10.3. The fourth-order valence-electron chi connectivity index (χ4n) is 1.12. The molecule has 0 saturated heterocycles. The van der Waals surface area contributed by atoms with Gasteiger partial charge in [0.15, 0.2) is 0 Å². The van der Waals surface area contributed by atoms with Crippen LogP contribution < -0.4 is 0 Å². The molecule has 16 heavy (non-hydrogen) atoms. The molecule has 0 spiro atoms. The van der Waals surface area contributed by atoms with Crippen molar-refractivity contribution >= 4 is 5.97 Å². The lowest BCUT2D eigenvalue weighted by Gasteiger charge is -2.02. The molecule has 0 amide bonds. The lowest BCUT2D eigenvalue weighted by molar-refractivity contribution is -0.141. The third kappa shape index (κ3) is 3.56. The molecule has 1 aromatic heterocycles. The average molecular weight is 236 g/mol. The van der Waals surface area contributed by atoms with Gasteiger partial charge in [0.2, 0.25) is 0 Å². The van der Waals surface area contributed by atoms with E-state index < -0.39 is 11.7 Å². The van der Waals surface area contributed by atoms with Crippen LogP contribution in [0.1, 0.15) is 18.4 Å². The minimum absolute atomic E-state index is 0.164. The Morgan fingerprint density at radius 3 is 2.75 bits per heavy atom. The number of methoxy groups -OCH3 is 1.